The van der Waals surface area contributed by atoms with Gasteiger partial charge in [0.1, 0.15) is 0 Å². The first kappa shape index (κ1) is 50.5. The second kappa shape index (κ2) is 42.2. The van der Waals surface area contributed by atoms with Crippen molar-refractivity contribution in [2.45, 2.75) is 213 Å². The molecule has 0 aromatic rings. The Bertz CT molecular complexity index is 741. The number of aliphatic hydroxyl groups excluding tert-OH is 1. The summed E-state index contributed by atoms with van der Waals surface area (Å²) in [5.74, 6) is 0.610. The number of carbonyl (C=O) groups excluding carboxylic acids is 2. The Hall–Kier alpha value is -1.54. The van der Waals surface area contributed by atoms with Gasteiger partial charge in [-0.2, -0.15) is 0 Å². The number of rotatable bonds is 41. The summed E-state index contributed by atoms with van der Waals surface area (Å²) in [7, 11) is 0. The van der Waals surface area contributed by atoms with Crippen molar-refractivity contribution < 1.29 is 14.7 Å². The van der Waals surface area contributed by atoms with E-state index in [1.54, 1.807) is 0 Å². The van der Waals surface area contributed by atoms with Crippen LogP contribution in [0.25, 0.3) is 0 Å². The lowest BCUT2D eigenvalue weighted by Crippen LogP contribution is -2.38. The summed E-state index contributed by atoms with van der Waals surface area (Å²) in [5.41, 5.74) is 0. The van der Waals surface area contributed by atoms with Crippen LogP contribution in [0.15, 0.2) is 0 Å². The highest BCUT2D eigenvalue weighted by atomic mass is 16.3. The minimum atomic E-state index is -0.0206. The molecule has 0 radical (unpaired) electrons. The Morgan fingerprint density at radius 3 is 1.17 bits per heavy atom. The van der Waals surface area contributed by atoms with Crippen LogP contribution in [-0.2, 0) is 0 Å². The van der Waals surface area contributed by atoms with E-state index >= 15 is 0 Å². The molecule has 0 aromatic carbocycles. The molecule has 0 aliphatic rings. The number of urea groups is 2. The van der Waals surface area contributed by atoms with Crippen molar-refractivity contribution in [3.8, 4) is 0 Å². The van der Waals surface area contributed by atoms with E-state index < -0.39 is 0 Å². The molecule has 0 saturated carbocycles. The largest absolute Gasteiger partial charge is 0.396 e. The number of hydrogen-bond acceptors (Lipinski definition) is 4. The molecule has 0 spiro atoms. The number of unbranched alkanes of at least 4 members (excludes halogenated alkanes) is 22. The van der Waals surface area contributed by atoms with Crippen LogP contribution < -0.4 is 21.3 Å². The topological polar surface area (TPSA) is 106 Å². The average molecular weight is 738 g/mol. The van der Waals surface area contributed by atoms with Gasteiger partial charge in [-0.15, -0.1) is 0 Å². The zero-order chi connectivity index (χ0) is 38.0. The zero-order valence-electron chi connectivity index (χ0n) is 35.2. The lowest BCUT2D eigenvalue weighted by Gasteiger charge is -2.22. The molecular weight excluding hydrogens is 647 g/mol. The number of carbonyl (C=O) groups is 2. The maximum Gasteiger partial charge on any atom is 0.314 e. The molecule has 0 rings (SSSR count). The van der Waals surface area contributed by atoms with Crippen LogP contribution in [0, 0.1) is 5.92 Å². The molecule has 0 aliphatic heterocycles. The van der Waals surface area contributed by atoms with Crippen LogP contribution in [0.5, 0.6) is 0 Å². The Kier molecular flexibility index (Phi) is 41.0. The van der Waals surface area contributed by atoms with E-state index in [-0.39, 0.29) is 18.7 Å². The van der Waals surface area contributed by atoms with Crippen molar-refractivity contribution >= 4 is 12.1 Å². The molecule has 52 heavy (non-hydrogen) atoms. The van der Waals surface area contributed by atoms with Crippen molar-refractivity contribution in [1.82, 2.24) is 26.2 Å². The number of nitrogens with zero attached hydrogens (tertiary/aromatic N) is 1. The van der Waals surface area contributed by atoms with Gasteiger partial charge in [-0.1, -0.05) is 156 Å². The molecule has 8 heteroatoms. The van der Waals surface area contributed by atoms with Gasteiger partial charge < -0.3 is 31.3 Å². The first-order valence-electron chi connectivity index (χ1n) is 22.9. The molecule has 0 aliphatic carbocycles. The molecular formula is C44H91N5O3. The second-order valence-electron chi connectivity index (χ2n) is 15.7. The fraction of sp³-hybridized carbons (Fsp3) is 0.955. The first-order valence-corrected chi connectivity index (χ1v) is 22.9. The summed E-state index contributed by atoms with van der Waals surface area (Å²) in [4.78, 5) is 27.1. The van der Waals surface area contributed by atoms with Gasteiger partial charge in [0, 0.05) is 32.8 Å². The van der Waals surface area contributed by atoms with E-state index in [4.69, 9.17) is 0 Å². The molecule has 4 amide bonds. The van der Waals surface area contributed by atoms with E-state index in [9.17, 15) is 14.7 Å². The van der Waals surface area contributed by atoms with Gasteiger partial charge in [0.15, 0.2) is 0 Å². The average Bonchev–Trinajstić information content (AvgIpc) is 3.14. The van der Waals surface area contributed by atoms with E-state index in [0.29, 0.717) is 5.92 Å². The quantitative estimate of drug-likeness (QED) is 0.0403. The molecule has 0 saturated heterocycles. The Balaban J connectivity index is 3.99. The van der Waals surface area contributed by atoms with Crippen LogP contribution in [0.2, 0.25) is 0 Å². The highest BCUT2D eigenvalue weighted by molar-refractivity contribution is 5.74. The maximum atomic E-state index is 12.5. The van der Waals surface area contributed by atoms with Crippen molar-refractivity contribution in [3.63, 3.8) is 0 Å². The summed E-state index contributed by atoms with van der Waals surface area (Å²) in [6, 6.07) is -0.0162. The van der Waals surface area contributed by atoms with Crippen molar-refractivity contribution in [1.29, 1.82) is 0 Å². The highest BCUT2D eigenvalue weighted by Gasteiger charge is 2.11. The number of amides is 4. The zero-order valence-corrected chi connectivity index (χ0v) is 35.2. The van der Waals surface area contributed by atoms with Crippen LogP contribution in [0.1, 0.15) is 213 Å². The van der Waals surface area contributed by atoms with Crippen molar-refractivity contribution in [2.75, 3.05) is 52.4 Å². The third kappa shape index (κ3) is 38.2. The molecule has 1 unspecified atom stereocenters. The first-order chi connectivity index (χ1) is 25.6. The smallest absolute Gasteiger partial charge is 0.314 e. The Labute approximate surface area is 324 Å². The monoisotopic (exact) mass is 738 g/mol. The summed E-state index contributed by atoms with van der Waals surface area (Å²) in [6.07, 6.45) is 36.9. The molecule has 0 bridgehead atoms. The Morgan fingerprint density at radius 2 is 0.750 bits per heavy atom. The minimum absolute atomic E-state index is 0.00435. The van der Waals surface area contributed by atoms with Crippen molar-refractivity contribution in [3.05, 3.63) is 0 Å². The van der Waals surface area contributed by atoms with Crippen LogP contribution in [0.4, 0.5) is 9.59 Å². The number of nitrogens with one attached hydrogen (secondary N) is 4. The molecule has 0 aromatic heterocycles. The van der Waals surface area contributed by atoms with E-state index in [1.807, 2.05) is 0 Å². The molecule has 0 heterocycles. The van der Waals surface area contributed by atoms with Gasteiger partial charge in [0.05, 0.1) is 0 Å². The summed E-state index contributed by atoms with van der Waals surface area (Å²) in [5, 5.41) is 21.6. The normalized spacial score (nSPS) is 11.9. The van der Waals surface area contributed by atoms with Gasteiger partial charge in [0.2, 0.25) is 0 Å². The highest BCUT2D eigenvalue weighted by Crippen LogP contribution is 2.18. The van der Waals surface area contributed by atoms with Gasteiger partial charge in [-0.3, -0.25) is 0 Å². The van der Waals surface area contributed by atoms with Crippen molar-refractivity contribution in [2.24, 2.45) is 5.92 Å². The molecule has 0 fully saturated rings. The van der Waals surface area contributed by atoms with Crippen LogP contribution >= 0.6 is 0 Å². The number of hydrogen-bond donors (Lipinski definition) is 5. The maximum absolute atomic E-state index is 12.5. The molecule has 1 atom stereocenters. The Morgan fingerprint density at radius 1 is 0.423 bits per heavy atom. The summed E-state index contributed by atoms with van der Waals surface area (Å²) >= 11 is 0. The fourth-order valence-electron chi connectivity index (χ4n) is 7.06. The third-order valence-electron chi connectivity index (χ3n) is 10.6. The molecule has 310 valence electrons. The van der Waals surface area contributed by atoms with Gasteiger partial charge in [0.25, 0.3) is 0 Å². The fourth-order valence-corrected chi connectivity index (χ4v) is 7.06. The second-order valence-corrected chi connectivity index (χ2v) is 15.7. The van der Waals surface area contributed by atoms with Gasteiger partial charge in [-0.05, 0) is 83.3 Å². The van der Waals surface area contributed by atoms with E-state index in [2.05, 4.69) is 46.9 Å². The minimum Gasteiger partial charge on any atom is -0.396 e. The third-order valence-corrected chi connectivity index (χ3v) is 10.6. The van der Waals surface area contributed by atoms with Gasteiger partial charge in [-0.25, -0.2) is 9.59 Å². The van der Waals surface area contributed by atoms with Crippen LogP contribution in [0.3, 0.4) is 0 Å². The van der Waals surface area contributed by atoms with E-state index in [0.717, 1.165) is 90.8 Å². The standard InChI is InChI=1S/C44H91N5O3/c1-4-7-10-13-15-16-18-25-34-45-43(51)46-35-26-19-21-28-37-49(39-30-31-40-50)38-29-22-20-27-36-47-44(52)48-41-42(32-23-12-9-6-3)33-24-17-14-11-8-5-2/h42,50H,4-41H2,1-3H3,(H2,45,46,51)(H2,47,48,52). The van der Waals surface area contributed by atoms with Gasteiger partial charge >= 0.3 is 12.1 Å². The lowest BCUT2D eigenvalue weighted by atomic mass is 9.94. The summed E-state index contributed by atoms with van der Waals surface area (Å²) in [6.45, 7) is 13.4. The van der Waals surface area contributed by atoms with Crippen LogP contribution in [-0.4, -0.2) is 74.5 Å². The van der Waals surface area contributed by atoms with E-state index in [1.165, 1.54) is 148 Å². The number of aliphatic hydroxyl groups is 1. The molecule has 5 N–H and O–H groups in total. The molecule has 8 nitrogen and oxygen atoms in total. The summed E-state index contributed by atoms with van der Waals surface area (Å²) < 4.78 is 0. The lowest BCUT2D eigenvalue weighted by molar-refractivity contribution is 0.233. The predicted molar refractivity (Wildman–Crippen MR) is 225 cm³/mol. The predicted octanol–water partition coefficient (Wildman–Crippen LogP) is 11.3. The SMILES string of the molecule is CCCCCCCCCCNC(=O)NCCCCCCN(CCCCO)CCCCCCNC(=O)NCC(CCCCCC)CCCCCCCC.